The molecule has 0 unspecified atom stereocenters. The fourth-order valence-electron chi connectivity index (χ4n) is 3.13. The van der Waals surface area contributed by atoms with Gasteiger partial charge in [-0.25, -0.2) is 9.59 Å². The summed E-state index contributed by atoms with van der Waals surface area (Å²) in [6.07, 6.45) is -0.858. The van der Waals surface area contributed by atoms with Crippen LogP contribution in [-0.2, 0) is 9.47 Å². The first-order valence-electron chi connectivity index (χ1n) is 8.29. The highest BCUT2D eigenvalue weighted by Crippen LogP contribution is 2.44. The van der Waals surface area contributed by atoms with Crippen LogP contribution >= 0.6 is 11.3 Å². The molecule has 0 radical (unpaired) electrons. The number of carbonyl (C=O) groups excluding carboxylic acids is 3. The minimum Gasteiger partial charge on any atom is -0.493 e. The molecule has 2 heterocycles. The Morgan fingerprint density at radius 3 is 2.46 bits per heavy atom. The Kier molecular flexibility index (Phi) is 5.28. The molecule has 0 saturated carbocycles. The number of hydrogen-bond donors (Lipinski definition) is 1. The van der Waals surface area contributed by atoms with Crippen LogP contribution in [0, 0.1) is 6.92 Å². The molecule has 9 heteroatoms. The largest absolute Gasteiger partial charge is 0.493 e. The second-order valence-corrected chi connectivity index (χ2v) is 7.02. The van der Waals surface area contributed by atoms with Gasteiger partial charge in [0.25, 0.3) is 0 Å². The predicted octanol–water partition coefficient (Wildman–Crippen LogP) is 3.34. The smallest absolute Gasteiger partial charge is 0.344 e. The Bertz CT molecular complexity index is 979. The number of anilines is 1. The van der Waals surface area contributed by atoms with Crippen molar-refractivity contribution in [2.24, 2.45) is 0 Å². The zero-order valence-corrected chi connectivity index (χ0v) is 16.8. The summed E-state index contributed by atoms with van der Waals surface area (Å²) in [7, 11) is 4.17. The molecule has 3 rings (SSSR count). The Morgan fingerprint density at radius 2 is 1.89 bits per heavy atom. The molecule has 1 aliphatic heterocycles. The molecule has 28 heavy (non-hydrogen) atoms. The SMILES string of the molecule is COC(=O)c1c(N[C@H]2OC(=O)c3c2ccc(OC)c3OC)sc(C(C)=O)c1C. The fraction of sp³-hybridized carbons (Fsp3) is 0.316. The first kappa shape index (κ1) is 19.7. The normalized spacial score (nSPS) is 14.9. The Balaban J connectivity index is 2.06. The van der Waals surface area contributed by atoms with Crippen LogP contribution < -0.4 is 14.8 Å². The average Bonchev–Trinajstić information content (AvgIpc) is 3.17. The van der Waals surface area contributed by atoms with Crippen molar-refractivity contribution in [3.63, 3.8) is 0 Å². The third-order valence-corrected chi connectivity index (χ3v) is 5.73. The van der Waals surface area contributed by atoms with Crippen LogP contribution in [0.4, 0.5) is 5.00 Å². The van der Waals surface area contributed by atoms with E-state index in [9.17, 15) is 14.4 Å². The molecule has 1 aromatic carbocycles. The van der Waals surface area contributed by atoms with Gasteiger partial charge in [0.2, 0.25) is 6.23 Å². The summed E-state index contributed by atoms with van der Waals surface area (Å²) >= 11 is 1.11. The highest BCUT2D eigenvalue weighted by atomic mass is 32.1. The lowest BCUT2D eigenvalue weighted by Crippen LogP contribution is -2.13. The van der Waals surface area contributed by atoms with E-state index < -0.39 is 18.2 Å². The van der Waals surface area contributed by atoms with E-state index in [1.165, 1.54) is 28.3 Å². The summed E-state index contributed by atoms with van der Waals surface area (Å²) in [4.78, 5) is 37.0. The molecule has 0 amide bonds. The standard InChI is InChI=1S/C19H19NO7S/c1-8-12(18(22)26-5)17(28-15(8)9(2)21)20-16-10-6-7-11(24-3)14(25-4)13(10)19(23)27-16/h6-7,16,20H,1-5H3/t16-/m0/s1. The van der Waals surface area contributed by atoms with Crippen LogP contribution in [0.1, 0.15) is 54.7 Å². The molecule has 1 aromatic heterocycles. The number of thiophene rings is 1. The molecule has 148 valence electrons. The number of rotatable bonds is 6. The molecular formula is C19H19NO7S. The molecule has 0 spiro atoms. The zero-order chi connectivity index (χ0) is 20.6. The molecule has 0 saturated heterocycles. The number of ketones is 1. The molecule has 0 aliphatic carbocycles. The number of nitrogens with one attached hydrogen (secondary N) is 1. The third-order valence-electron chi connectivity index (χ3n) is 4.41. The van der Waals surface area contributed by atoms with Gasteiger partial charge in [-0.05, 0) is 31.5 Å². The van der Waals surface area contributed by atoms with Gasteiger partial charge in [0.15, 0.2) is 17.3 Å². The molecule has 2 aromatic rings. The molecule has 1 aliphatic rings. The van der Waals surface area contributed by atoms with E-state index in [1.54, 1.807) is 19.1 Å². The highest BCUT2D eigenvalue weighted by molar-refractivity contribution is 7.18. The number of benzene rings is 1. The first-order chi connectivity index (χ1) is 13.3. The minimum atomic E-state index is -0.858. The Morgan fingerprint density at radius 1 is 1.18 bits per heavy atom. The van der Waals surface area contributed by atoms with E-state index in [0.29, 0.717) is 26.8 Å². The fourth-order valence-corrected chi connectivity index (χ4v) is 4.23. The van der Waals surface area contributed by atoms with Gasteiger partial charge in [-0.3, -0.25) is 4.79 Å². The molecule has 8 nitrogen and oxygen atoms in total. The van der Waals surface area contributed by atoms with E-state index in [1.807, 2.05) is 0 Å². The number of Topliss-reactive ketones (excluding diaryl/α,β-unsaturated/α-hetero) is 1. The van der Waals surface area contributed by atoms with Gasteiger partial charge in [-0.2, -0.15) is 0 Å². The number of esters is 2. The van der Waals surface area contributed by atoms with Gasteiger partial charge in [-0.15, -0.1) is 11.3 Å². The summed E-state index contributed by atoms with van der Waals surface area (Å²) < 4.78 is 20.8. The van der Waals surface area contributed by atoms with Crippen LogP contribution in [0.25, 0.3) is 0 Å². The van der Waals surface area contributed by atoms with Crippen molar-refractivity contribution < 1.29 is 33.3 Å². The molecule has 1 N–H and O–H groups in total. The van der Waals surface area contributed by atoms with Crippen molar-refractivity contribution in [3.05, 3.63) is 39.3 Å². The number of carbonyl (C=O) groups is 3. The third kappa shape index (κ3) is 3.07. The number of fused-ring (bicyclic) bond motifs is 1. The number of cyclic esters (lactones) is 1. The number of ether oxygens (including phenoxy) is 4. The Hall–Kier alpha value is -3.07. The summed E-state index contributed by atoms with van der Waals surface area (Å²) in [5.74, 6) is -0.659. The lowest BCUT2D eigenvalue weighted by Gasteiger charge is -2.15. The van der Waals surface area contributed by atoms with Crippen molar-refractivity contribution in [1.29, 1.82) is 0 Å². The van der Waals surface area contributed by atoms with E-state index in [4.69, 9.17) is 18.9 Å². The molecular weight excluding hydrogens is 386 g/mol. The summed E-state index contributed by atoms with van der Waals surface area (Å²) in [5.41, 5.74) is 1.54. The van der Waals surface area contributed by atoms with Gasteiger partial charge < -0.3 is 24.3 Å². The van der Waals surface area contributed by atoms with Crippen LogP contribution in [0.5, 0.6) is 11.5 Å². The molecule has 0 bridgehead atoms. The van der Waals surface area contributed by atoms with Gasteiger partial charge >= 0.3 is 11.9 Å². The van der Waals surface area contributed by atoms with Crippen LogP contribution in [0.15, 0.2) is 12.1 Å². The molecule has 0 fully saturated rings. The lowest BCUT2D eigenvalue weighted by atomic mass is 10.1. The zero-order valence-electron chi connectivity index (χ0n) is 16.0. The lowest BCUT2D eigenvalue weighted by molar-refractivity contribution is 0.0435. The van der Waals surface area contributed by atoms with Crippen molar-refractivity contribution in [1.82, 2.24) is 0 Å². The maximum atomic E-state index is 12.4. The van der Waals surface area contributed by atoms with Gasteiger partial charge in [0.1, 0.15) is 10.6 Å². The van der Waals surface area contributed by atoms with E-state index in [2.05, 4.69) is 5.32 Å². The summed E-state index contributed by atoms with van der Waals surface area (Å²) in [5, 5.41) is 3.43. The highest BCUT2D eigenvalue weighted by Gasteiger charge is 2.37. The van der Waals surface area contributed by atoms with E-state index >= 15 is 0 Å². The second-order valence-electron chi connectivity index (χ2n) is 6.00. The average molecular weight is 405 g/mol. The van der Waals surface area contributed by atoms with Crippen molar-refractivity contribution >= 4 is 34.1 Å². The number of methoxy groups -OCH3 is 3. The predicted molar refractivity (Wildman–Crippen MR) is 102 cm³/mol. The Labute approximate surface area is 165 Å². The minimum absolute atomic E-state index is 0.170. The maximum Gasteiger partial charge on any atom is 0.344 e. The van der Waals surface area contributed by atoms with Gasteiger partial charge in [0.05, 0.1) is 31.8 Å². The topological polar surface area (TPSA) is 100 Å². The van der Waals surface area contributed by atoms with E-state index in [0.717, 1.165) is 11.3 Å². The van der Waals surface area contributed by atoms with E-state index in [-0.39, 0.29) is 22.7 Å². The maximum absolute atomic E-state index is 12.4. The van der Waals surface area contributed by atoms with Gasteiger partial charge in [0, 0.05) is 5.56 Å². The summed E-state index contributed by atoms with van der Waals surface area (Å²) in [6.45, 7) is 3.10. The van der Waals surface area contributed by atoms with Crippen LogP contribution in [-0.4, -0.2) is 39.1 Å². The quantitative estimate of drug-likeness (QED) is 0.577. The summed E-state index contributed by atoms with van der Waals surface area (Å²) in [6, 6.07) is 3.35. The van der Waals surface area contributed by atoms with Crippen molar-refractivity contribution in [2.45, 2.75) is 20.1 Å². The van der Waals surface area contributed by atoms with Gasteiger partial charge in [-0.1, -0.05) is 0 Å². The first-order valence-corrected chi connectivity index (χ1v) is 9.10. The monoisotopic (exact) mass is 405 g/mol. The van der Waals surface area contributed by atoms with Crippen LogP contribution in [0.2, 0.25) is 0 Å². The van der Waals surface area contributed by atoms with Crippen molar-refractivity contribution in [3.8, 4) is 11.5 Å². The molecule has 1 atom stereocenters. The van der Waals surface area contributed by atoms with Crippen molar-refractivity contribution in [2.75, 3.05) is 26.6 Å². The van der Waals surface area contributed by atoms with Crippen LogP contribution in [0.3, 0.4) is 0 Å². The second kappa shape index (κ2) is 7.51. The number of hydrogen-bond acceptors (Lipinski definition) is 9.